The second-order valence-corrected chi connectivity index (χ2v) is 4.71. The molecule has 3 nitrogen and oxygen atoms in total. The van der Waals surface area contributed by atoms with Crippen molar-refractivity contribution in [1.82, 2.24) is 5.32 Å². The molecule has 0 saturated carbocycles. The number of rotatable bonds is 6. The number of amides is 1. The highest BCUT2D eigenvalue weighted by molar-refractivity contribution is 5.94. The van der Waals surface area contributed by atoms with Crippen molar-refractivity contribution < 1.29 is 4.79 Å². The van der Waals surface area contributed by atoms with Crippen LogP contribution in [-0.2, 0) is 4.79 Å². The lowest BCUT2D eigenvalue weighted by atomic mass is 10.1. The van der Waals surface area contributed by atoms with Crippen LogP contribution in [0.2, 0.25) is 0 Å². The molecule has 0 aliphatic carbocycles. The lowest BCUT2D eigenvalue weighted by Gasteiger charge is -2.14. The van der Waals surface area contributed by atoms with Crippen molar-refractivity contribution in [1.29, 1.82) is 0 Å². The van der Waals surface area contributed by atoms with Gasteiger partial charge in [-0.25, -0.2) is 0 Å². The maximum Gasteiger partial charge on any atom is 0.241 e. The molecule has 1 aromatic rings. The summed E-state index contributed by atoms with van der Waals surface area (Å²) in [6.07, 6.45) is 1.09. The fourth-order valence-electron chi connectivity index (χ4n) is 1.45. The summed E-state index contributed by atoms with van der Waals surface area (Å²) in [7, 11) is 0. The van der Waals surface area contributed by atoms with Crippen LogP contribution < -0.4 is 10.6 Å². The molecule has 1 rings (SSSR count). The highest BCUT2D eigenvalue weighted by Gasteiger charge is 2.11. The van der Waals surface area contributed by atoms with Crippen molar-refractivity contribution in [2.24, 2.45) is 5.92 Å². The van der Waals surface area contributed by atoms with Gasteiger partial charge in [-0.1, -0.05) is 32.0 Å². The van der Waals surface area contributed by atoms with Crippen molar-refractivity contribution in [3.05, 3.63) is 30.3 Å². The smallest absolute Gasteiger partial charge is 0.241 e. The average molecular weight is 234 g/mol. The van der Waals surface area contributed by atoms with Gasteiger partial charge in [-0.15, -0.1) is 0 Å². The summed E-state index contributed by atoms with van der Waals surface area (Å²) in [4.78, 5) is 11.8. The normalized spacial score (nSPS) is 12.5. The molecule has 0 spiro atoms. The second kappa shape index (κ2) is 7.07. The molecule has 0 fully saturated rings. The molecule has 0 bridgehead atoms. The van der Waals surface area contributed by atoms with Gasteiger partial charge in [0.2, 0.25) is 5.91 Å². The fourth-order valence-corrected chi connectivity index (χ4v) is 1.45. The van der Waals surface area contributed by atoms with E-state index in [9.17, 15) is 4.79 Å². The molecule has 0 aromatic heterocycles. The molecular weight excluding hydrogens is 212 g/mol. The largest absolute Gasteiger partial charge is 0.325 e. The van der Waals surface area contributed by atoms with Crippen LogP contribution in [0.5, 0.6) is 0 Å². The maximum atomic E-state index is 11.8. The topological polar surface area (TPSA) is 41.1 Å². The summed E-state index contributed by atoms with van der Waals surface area (Å²) in [6.45, 7) is 7.12. The Balaban J connectivity index is 2.32. The van der Waals surface area contributed by atoms with Gasteiger partial charge in [-0.05, 0) is 37.9 Å². The van der Waals surface area contributed by atoms with E-state index in [1.54, 1.807) is 0 Å². The average Bonchev–Trinajstić information content (AvgIpc) is 2.29. The van der Waals surface area contributed by atoms with Gasteiger partial charge in [-0.2, -0.15) is 0 Å². The van der Waals surface area contributed by atoms with E-state index in [0.29, 0.717) is 5.92 Å². The first-order chi connectivity index (χ1) is 8.09. The predicted molar refractivity (Wildman–Crippen MR) is 72.0 cm³/mol. The maximum absolute atomic E-state index is 11.8. The molecule has 0 aliphatic rings. The third kappa shape index (κ3) is 5.50. The minimum absolute atomic E-state index is 0.0138. The number of carbonyl (C=O) groups is 1. The van der Waals surface area contributed by atoms with Crippen molar-refractivity contribution in [2.75, 3.05) is 11.9 Å². The van der Waals surface area contributed by atoms with Crippen molar-refractivity contribution >= 4 is 11.6 Å². The van der Waals surface area contributed by atoms with Crippen LogP contribution in [-0.4, -0.2) is 18.5 Å². The summed E-state index contributed by atoms with van der Waals surface area (Å²) >= 11 is 0. The summed E-state index contributed by atoms with van der Waals surface area (Å²) in [5, 5.41) is 6.10. The predicted octanol–water partition coefficient (Wildman–Crippen LogP) is 2.65. The van der Waals surface area contributed by atoms with E-state index in [2.05, 4.69) is 24.5 Å². The molecule has 1 unspecified atom stereocenters. The minimum atomic E-state index is -0.158. The third-order valence-corrected chi connectivity index (χ3v) is 2.61. The molecule has 0 aliphatic heterocycles. The Bertz CT molecular complexity index is 335. The fraction of sp³-hybridized carbons (Fsp3) is 0.500. The monoisotopic (exact) mass is 234 g/mol. The molecule has 3 heteroatoms. The molecule has 2 N–H and O–H groups in total. The number of hydrogen-bond acceptors (Lipinski definition) is 2. The molecule has 1 atom stereocenters. The van der Waals surface area contributed by atoms with Gasteiger partial charge in [0.05, 0.1) is 6.04 Å². The van der Waals surface area contributed by atoms with E-state index in [-0.39, 0.29) is 11.9 Å². The van der Waals surface area contributed by atoms with Gasteiger partial charge in [0, 0.05) is 5.69 Å². The Morgan fingerprint density at radius 1 is 1.18 bits per heavy atom. The van der Waals surface area contributed by atoms with Gasteiger partial charge >= 0.3 is 0 Å². The Morgan fingerprint density at radius 2 is 1.82 bits per heavy atom. The van der Waals surface area contributed by atoms with E-state index in [4.69, 9.17) is 0 Å². The molecule has 0 radical (unpaired) electrons. The highest BCUT2D eigenvalue weighted by Crippen LogP contribution is 2.05. The molecule has 17 heavy (non-hydrogen) atoms. The van der Waals surface area contributed by atoms with Crippen LogP contribution in [0.25, 0.3) is 0 Å². The van der Waals surface area contributed by atoms with Crippen LogP contribution in [0.1, 0.15) is 27.2 Å². The molecule has 0 heterocycles. The minimum Gasteiger partial charge on any atom is -0.325 e. The molecule has 1 amide bonds. The summed E-state index contributed by atoms with van der Waals surface area (Å²) in [5.41, 5.74) is 0.843. The SMILES string of the molecule is CC(C)CCNC(C)C(=O)Nc1ccccc1. The second-order valence-electron chi connectivity index (χ2n) is 4.71. The Hall–Kier alpha value is -1.35. The molecular formula is C14H22N2O. The van der Waals surface area contributed by atoms with Crippen LogP contribution in [0, 0.1) is 5.92 Å². The lowest BCUT2D eigenvalue weighted by molar-refractivity contribution is -0.117. The van der Waals surface area contributed by atoms with E-state index < -0.39 is 0 Å². The number of benzene rings is 1. The first-order valence-electron chi connectivity index (χ1n) is 6.19. The van der Waals surface area contributed by atoms with Gasteiger partial charge in [0.1, 0.15) is 0 Å². The summed E-state index contributed by atoms with van der Waals surface area (Å²) in [6, 6.07) is 9.37. The summed E-state index contributed by atoms with van der Waals surface area (Å²) < 4.78 is 0. The van der Waals surface area contributed by atoms with E-state index in [1.165, 1.54) is 0 Å². The van der Waals surface area contributed by atoms with Gasteiger partial charge < -0.3 is 10.6 Å². The highest BCUT2D eigenvalue weighted by atomic mass is 16.2. The van der Waals surface area contributed by atoms with Gasteiger partial charge in [0.25, 0.3) is 0 Å². The third-order valence-electron chi connectivity index (χ3n) is 2.61. The zero-order valence-electron chi connectivity index (χ0n) is 10.9. The lowest BCUT2D eigenvalue weighted by Crippen LogP contribution is -2.38. The zero-order valence-corrected chi connectivity index (χ0v) is 10.9. The van der Waals surface area contributed by atoms with Crippen LogP contribution in [0.3, 0.4) is 0 Å². The number of carbonyl (C=O) groups excluding carboxylic acids is 1. The first kappa shape index (κ1) is 13.7. The number of para-hydroxylation sites is 1. The van der Waals surface area contributed by atoms with E-state index in [0.717, 1.165) is 18.7 Å². The van der Waals surface area contributed by atoms with Crippen molar-refractivity contribution in [3.63, 3.8) is 0 Å². The van der Waals surface area contributed by atoms with E-state index >= 15 is 0 Å². The first-order valence-corrected chi connectivity index (χ1v) is 6.19. The standard InChI is InChI=1S/C14H22N2O/c1-11(2)9-10-15-12(3)14(17)16-13-7-5-4-6-8-13/h4-8,11-12,15H,9-10H2,1-3H3,(H,16,17). The Kier molecular flexibility index (Phi) is 5.70. The van der Waals surface area contributed by atoms with Crippen LogP contribution >= 0.6 is 0 Å². The number of anilines is 1. The summed E-state index contributed by atoms with van der Waals surface area (Å²) in [5.74, 6) is 0.673. The Labute approximate surface area is 104 Å². The number of hydrogen-bond donors (Lipinski definition) is 2. The Morgan fingerprint density at radius 3 is 2.41 bits per heavy atom. The molecule has 1 aromatic carbocycles. The van der Waals surface area contributed by atoms with Crippen molar-refractivity contribution in [3.8, 4) is 0 Å². The van der Waals surface area contributed by atoms with Crippen LogP contribution in [0.15, 0.2) is 30.3 Å². The van der Waals surface area contributed by atoms with Gasteiger partial charge in [-0.3, -0.25) is 4.79 Å². The number of nitrogens with one attached hydrogen (secondary N) is 2. The zero-order chi connectivity index (χ0) is 12.7. The van der Waals surface area contributed by atoms with Gasteiger partial charge in [0.15, 0.2) is 0 Å². The molecule has 94 valence electrons. The van der Waals surface area contributed by atoms with Crippen LogP contribution in [0.4, 0.5) is 5.69 Å². The van der Waals surface area contributed by atoms with Crippen molar-refractivity contribution in [2.45, 2.75) is 33.2 Å². The van der Waals surface area contributed by atoms with E-state index in [1.807, 2.05) is 37.3 Å². The quantitative estimate of drug-likeness (QED) is 0.794. The molecule has 0 saturated heterocycles.